The molecular weight excluding hydrogens is 380 g/mol. The first kappa shape index (κ1) is 19.7. The molecule has 1 aromatic heterocycles. The summed E-state index contributed by atoms with van der Waals surface area (Å²) < 4.78 is 5.80. The van der Waals surface area contributed by atoms with E-state index in [0.717, 1.165) is 35.8 Å². The zero-order valence-corrected chi connectivity index (χ0v) is 16.8. The lowest BCUT2D eigenvalue weighted by atomic mass is 10.1. The fourth-order valence-corrected chi connectivity index (χ4v) is 3.55. The number of hydrogen-bond donors (Lipinski definition) is 2. The second-order valence-corrected chi connectivity index (χ2v) is 7.38. The molecule has 3 aromatic rings. The minimum Gasteiger partial charge on any atom is -0.481 e. The molecule has 154 valence electrons. The van der Waals surface area contributed by atoms with Crippen LogP contribution < -0.4 is 20.7 Å². The highest BCUT2D eigenvalue weighted by atomic mass is 16.5. The van der Waals surface area contributed by atoms with Crippen LogP contribution in [0.1, 0.15) is 26.2 Å². The number of aromatic nitrogens is 1. The normalized spacial score (nSPS) is 15.1. The molecule has 0 bridgehead atoms. The molecule has 2 aromatic carbocycles. The fourth-order valence-electron chi connectivity index (χ4n) is 3.55. The van der Waals surface area contributed by atoms with Gasteiger partial charge in [-0.2, -0.15) is 0 Å². The lowest BCUT2D eigenvalue weighted by molar-refractivity contribution is -0.122. The summed E-state index contributed by atoms with van der Waals surface area (Å²) in [5.41, 5.74) is 7.42. The smallest absolute Gasteiger partial charge is 0.265 e. The number of ether oxygens (including phenoxy) is 1. The Kier molecular flexibility index (Phi) is 5.52. The van der Waals surface area contributed by atoms with Crippen molar-refractivity contribution >= 4 is 39.8 Å². The highest BCUT2D eigenvalue weighted by Gasteiger charge is 2.20. The first-order valence-electron chi connectivity index (χ1n) is 10.0. The van der Waals surface area contributed by atoms with Gasteiger partial charge in [0.25, 0.3) is 5.91 Å². The lowest BCUT2D eigenvalue weighted by Crippen LogP contribution is -2.35. The molecule has 3 N–H and O–H groups in total. The van der Waals surface area contributed by atoms with E-state index < -0.39 is 6.10 Å². The summed E-state index contributed by atoms with van der Waals surface area (Å²) in [5, 5.41) is 4.59. The second-order valence-electron chi connectivity index (χ2n) is 7.38. The van der Waals surface area contributed by atoms with E-state index in [0.29, 0.717) is 23.7 Å². The molecule has 0 radical (unpaired) electrons. The Morgan fingerprint density at radius 3 is 2.73 bits per heavy atom. The monoisotopic (exact) mass is 404 g/mol. The largest absolute Gasteiger partial charge is 0.481 e. The van der Waals surface area contributed by atoms with Gasteiger partial charge in [0, 0.05) is 35.9 Å². The van der Waals surface area contributed by atoms with Crippen molar-refractivity contribution in [2.24, 2.45) is 0 Å². The number of carbonyl (C=O) groups is 2. The Labute approximate surface area is 174 Å². The molecule has 0 spiro atoms. The molecular formula is C23H24N4O3. The van der Waals surface area contributed by atoms with Gasteiger partial charge < -0.3 is 20.7 Å². The first-order chi connectivity index (χ1) is 14.5. The van der Waals surface area contributed by atoms with Gasteiger partial charge in [-0.15, -0.1) is 0 Å². The van der Waals surface area contributed by atoms with E-state index >= 15 is 0 Å². The van der Waals surface area contributed by atoms with Gasteiger partial charge in [0.1, 0.15) is 11.6 Å². The summed E-state index contributed by atoms with van der Waals surface area (Å²) in [6.45, 7) is 2.42. The maximum atomic E-state index is 12.5. The molecule has 1 aliphatic heterocycles. The lowest BCUT2D eigenvalue weighted by Gasteiger charge is -2.27. The van der Waals surface area contributed by atoms with Crippen LogP contribution >= 0.6 is 0 Å². The molecule has 1 aliphatic rings. The summed E-state index contributed by atoms with van der Waals surface area (Å²) in [6.07, 6.45) is 3.49. The summed E-state index contributed by atoms with van der Waals surface area (Å²) in [7, 11) is 0. The van der Waals surface area contributed by atoms with Crippen LogP contribution in [-0.4, -0.2) is 29.4 Å². The standard InChI is InChI=1S/C23H24N4O3/c1-15(30-19-10-5-16-11-12-25-22(24)20(16)14-19)23(29)26-17-6-8-18(9-7-17)27-13-3-2-4-21(27)28/h5-12,14-15H,2-4,13H2,1H3,(H2,24,25)(H,26,29). The SMILES string of the molecule is CC(Oc1ccc2ccnc(N)c2c1)C(=O)Nc1ccc(N2CCCCC2=O)cc1. The minimum absolute atomic E-state index is 0.145. The van der Waals surface area contributed by atoms with Gasteiger partial charge in [0.2, 0.25) is 5.91 Å². The van der Waals surface area contributed by atoms with E-state index in [1.807, 2.05) is 24.3 Å². The quantitative estimate of drug-likeness (QED) is 0.675. The van der Waals surface area contributed by atoms with Crippen LogP contribution in [-0.2, 0) is 9.59 Å². The van der Waals surface area contributed by atoms with Crippen LogP contribution in [0, 0.1) is 0 Å². The summed E-state index contributed by atoms with van der Waals surface area (Å²) >= 11 is 0. The number of nitrogens with one attached hydrogen (secondary N) is 1. The molecule has 2 heterocycles. The van der Waals surface area contributed by atoms with Gasteiger partial charge in [-0.05, 0) is 67.6 Å². The number of fused-ring (bicyclic) bond motifs is 1. The Morgan fingerprint density at radius 2 is 1.97 bits per heavy atom. The molecule has 1 saturated heterocycles. The molecule has 0 saturated carbocycles. The number of pyridine rings is 1. The zero-order chi connectivity index (χ0) is 21.1. The molecule has 1 unspecified atom stereocenters. The first-order valence-corrected chi connectivity index (χ1v) is 10.0. The van der Waals surface area contributed by atoms with Crippen molar-refractivity contribution in [1.82, 2.24) is 4.98 Å². The van der Waals surface area contributed by atoms with Gasteiger partial charge in [0.05, 0.1) is 0 Å². The molecule has 0 aliphatic carbocycles. The molecule has 1 fully saturated rings. The van der Waals surface area contributed by atoms with Crippen molar-refractivity contribution in [3.8, 4) is 5.75 Å². The molecule has 7 heteroatoms. The van der Waals surface area contributed by atoms with Crippen molar-refractivity contribution in [3.63, 3.8) is 0 Å². The number of amides is 2. The third-order valence-electron chi connectivity index (χ3n) is 5.22. The van der Waals surface area contributed by atoms with Crippen LogP contribution in [0.5, 0.6) is 5.75 Å². The molecule has 30 heavy (non-hydrogen) atoms. The van der Waals surface area contributed by atoms with Gasteiger partial charge in [-0.1, -0.05) is 6.07 Å². The van der Waals surface area contributed by atoms with E-state index in [9.17, 15) is 9.59 Å². The maximum Gasteiger partial charge on any atom is 0.265 e. The molecule has 1 atom stereocenters. The van der Waals surface area contributed by atoms with Gasteiger partial charge in [0.15, 0.2) is 6.10 Å². The average Bonchev–Trinajstić information content (AvgIpc) is 2.75. The van der Waals surface area contributed by atoms with Crippen LogP contribution in [0.15, 0.2) is 54.7 Å². The van der Waals surface area contributed by atoms with Crippen LogP contribution in [0.2, 0.25) is 0 Å². The van der Waals surface area contributed by atoms with Gasteiger partial charge >= 0.3 is 0 Å². The number of hydrogen-bond acceptors (Lipinski definition) is 5. The van der Waals surface area contributed by atoms with Crippen LogP contribution in [0.4, 0.5) is 17.2 Å². The summed E-state index contributed by atoms with van der Waals surface area (Å²) in [5.74, 6) is 0.841. The van der Waals surface area contributed by atoms with Gasteiger partial charge in [-0.25, -0.2) is 4.98 Å². The zero-order valence-electron chi connectivity index (χ0n) is 16.8. The third kappa shape index (κ3) is 4.20. The van der Waals surface area contributed by atoms with Crippen molar-refractivity contribution < 1.29 is 14.3 Å². The van der Waals surface area contributed by atoms with E-state index in [4.69, 9.17) is 10.5 Å². The molecule has 4 rings (SSSR count). The van der Waals surface area contributed by atoms with Crippen molar-refractivity contribution in [1.29, 1.82) is 0 Å². The Bertz CT molecular complexity index is 1080. The number of anilines is 3. The Balaban J connectivity index is 1.40. The number of nitrogen functional groups attached to an aromatic ring is 1. The average molecular weight is 404 g/mol. The highest BCUT2D eigenvalue weighted by molar-refractivity contribution is 5.96. The maximum absolute atomic E-state index is 12.5. The number of piperidine rings is 1. The molecule has 7 nitrogen and oxygen atoms in total. The number of benzene rings is 2. The predicted octanol–water partition coefficient (Wildman–Crippen LogP) is 3.74. The topological polar surface area (TPSA) is 97.6 Å². The summed E-state index contributed by atoms with van der Waals surface area (Å²) in [4.78, 5) is 30.5. The van der Waals surface area contributed by atoms with Crippen LogP contribution in [0.25, 0.3) is 10.8 Å². The second kappa shape index (κ2) is 8.41. The summed E-state index contributed by atoms with van der Waals surface area (Å²) in [6, 6.07) is 14.6. The van der Waals surface area contributed by atoms with Gasteiger partial charge in [-0.3, -0.25) is 9.59 Å². The van der Waals surface area contributed by atoms with Crippen LogP contribution in [0.3, 0.4) is 0 Å². The number of carbonyl (C=O) groups excluding carboxylic acids is 2. The number of rotatable bonds is 5. The van der Waals surface area contributed by atoms with E-state index in [-0.39, 0.29) is 11.8 Å². The van der Waals surface area contributed by atoms with E-state index in [2.05, 4.69) is 10.3 Å². The molecule has 2 amide bonds. The van der Waals surface area contributed by atoms with E-state index in [1.165, 1.54) is 0 Å². The minimum atomic E-state index is -0.705. The predicted molar refractivity (Wildman–Crippen MR) is 118 cm³/mol. The van der Waals surface area contributed by atoms with E-state index in [1.54, 1.807) is 42.3 Å². The number of nitrogens with zero attached hydrogens (tertiary/aromatic N) is 2. The Morgan fingerprint density at radius 1 is 1.17 bits per heavy atom. The van der Waals surface area contributed by atoms with Crippen molar-refractivity contribution in [3.05, 3.63) is 54.7 Å². The number of nitrogens with two attached hydrogens (primary N) is 1. The fraction of sp³-hybridized carbons (Fsp3) is 0.261. The third-order valence-corrected chi connectivity index (χ3v) is 5.22. The highest BCUT2D eigenvalue weighted by Crippen LogP contribution is 2.25. The van der Waals surface area contributed by atoms with Crippen molar-refractivity contribution in [2.45, 2.75) is 32.3 Å². The van der Waals surface area contributed by atoms with Crippen molar-refractivity contribution in [2.75, 3.05) is 22.5 Å². The Hall–Kier alpha value is -3.61.